The van der Waals surface area contributed by atoms with Crippen molar-refractivity contribution in [1.29, 1.82) is 0 Å². The average molecular weight is 359 g/mol. The van der Waals surface area contributed by atoms with E-state index in [9.17, 15) is 20.0 Å². The number of rotatable bonds is 9. The van der Waals surface area contributed by atoms with E-state index < -0.39 is 11.0 Å². The number of carbonyl (C=O) groups is 1. The van der Waals surface area contributed by atoms with Gasteiger partial charge in [-0.15, -0.1) is 0 Å². The molecule has 0 saturated carbocycles. The van der Waals surface area contributed by atoms with Crippen molar-refractivity contribution < 1.29 is 19.6 Å². The van der Waals surface area contributed by atoms with Crippen molar-refractivity contribution in [3.05, 3.63) is 64.2 Å². The topological polar surface area (TPSA) is 114 Å². The van der Waals surface area contributed by atoms with Crippen LogP contribution in [0.1, 0.15) is 12.5 Å². The maximum absolute atomic E-state index is 11.3. The van der Waals surface area contributed by atoms with Crippen LogP contribution >= 0.6 is 0 Å². The number of aliphatic hydroxyl groups is 1. The molecule has 1 unspecified atom stereocenters. The maximum Gasteiger partial charge on any atom is 0.271 e. The lowest BCUT2D eigenvalue weighted by Gasteiger charge is -2.15. The van der Waals surface area contributed by atoms with Gasteiger partial charge < -0.3 is 20.5 Å². The van der Waals surface area contributed by atoms with Crippen LogP contribution in [0.25, 0.3) is 0 Å². The van der Waals surface area contributed by atoms with Crippen molar-refractivity contribution in [1.82, 2.24) is 5.32 Å². The van der Waals surface area contributed by atoms with E-state index in [0.29, 0.717) is 13.1 Å². The molecule has 0 radical (unpaired) electrons. The van der Waals surface area contributed by atoms with E-state index in [2.05, 4.69) is 10.6 Å². The summed E-state index contributed by atoms with van der Waals surface area (Å²) in [6, 6.07) is 13.7. The molecule has 1 atom stereocenters. The molecule has 0 fully saturated rings. The summed E-state index contributed by atoms with van der Waals surface area (Å²) in [6.45, 7) is 2.21. The summed E-state index contributed by atoms with van der Waals surface area (Å²) in [5.41, 5.74) is 1.13. The van der Waals surface area contributed by atoms with Crippen LogP contribution in [0.5, 0.6) is 5.75 Å². The Labute approximate surface area is 151 Å². The third-order valence-corrected chi connectivity index (χ3v) is 3.47. The van der Waals surface area contributed by atoms with Gasteiger partial charge in [-0.2, -0.15) is 0 Å². The fraction of sp³-hybridized carbons (Fsp3) is 0.278. The van der Waals surface area contributed by atoms with Gasteiger partial charge in [-0.1, -0.05) is 30.3 Å². The predicted octanol–water partition coefficient (Wildman–Crippen LogP) is 2.08. The van der Waals surface area contributed by atoms with Crippen LogP contribution < -0.4 is 15.4 Å². The summed E-state index contributed by atoms with van der Waals surface area (Å²) in [6.07, 6.45) is -0.779. The highest BCUT2D eigenvalue weighted by molar-refractivity contribution is 5.90. The highest BCUT2D eigenvalue weighted by atomic mass is 16.6. The van der Waals surface area contributed by atoms with Gasteiger partial charge in [0.25, 0.3) is 5.69 Å². The Morgan fingerprint density at radius 1 is 1.27 bits per heavy atom. The highest BCUT2D eigenvalue weighted by Gasteiger charge is 2.14. The van der Waals surface area contributed by atoms with Crippen LogP contribution in [0.15, 0.2) is 48.5 Å². The maximum atomic E-state index is 11.3. The van der Waals surface area contributed by atoms with Crippen molar-refractivity contribution in [2.75, 3.05) is 18.5 Å². The summed E-state index contributed by atoms with van der Waals surface area (Å²) >= 11 is 0. The molecule has 0 heterocycles. The second kappa shape index (κ2) is 9.50. The van der Waals surface area contributed by atoms with E-state index >= 15 is 0 Å². The van der Waals surface area contributed by atoms with Crippen molar-refractivity contribution in [3.8, 4) is 5.75 Å². The number of hydrogen-bond acceptors (Lipinski definition) is 6. The SMILES string of the molecule is CC(=O)Nc1cc([N+](=O)[O-])ccc1OCC(O)CNCc1ccccc1. The smallest absolute Gasteiger partial charge is 0.271 e. The Balaban J connectivity index is 1.88. The van der Waals surface area contributed by atoms with Crippen LogP contribution in [0.4, 0.5) is 11.4 Å². The number of carbonyl (C=O) groups excluding carboxylic acids is 1. The monoisotopic (exact) mass is 359 g/mol. The van der Waals surface area contributed by atoms with E-state index in [-0.39, 0.29) is 29.6 Å². The van der Waals surface area contributed by atoms with E-state index in [1.165, 1.54) is 25.1 Å². The number of amides is 1. The number of nitro benzene ring substituents is 1. The zero-order valence-electron chi connectivity index (χ0n) is 14.3. The number of hydrogen-bond donors (Lipinski definition) is 3. The van der Waals surface area contributed by atoms with Crippen LogP contribution in [0, 0.1) is 10.1 Å². The molecule has 3 N–H and O–H groups in total. The predicted molar refractivity (Wildman–Crippen MR) is 97.1 cm³/mol. The van der Waals surface area contributed by atoms with Crippen LogP contribution in [0.3, 0.4) is 0 Å². The first-order chi connectivity index (χ1) is 12.5. The number of non-ortho nitro benzene ring substituents is 1. The molecule has 8 nitrogen and oxygen atoms in total. The first-order valence-electron chi connectivity index (χ1n) is 8.07. The van der Waals surface area contributed by atoms with E-state index in [0.717, 1.165) is 5.56 Å². The van der Waals surface area contributed by atoms with Gasteiger partial charge in [0.1, 0.15) is 18.5 Å². The molecule has 0 spiro atoms. The minimum Gasteiger partial charge on any atom is -0.489 e. The van der Waals surface area contributed by atoms with Crippen LogP contribution in [0.2, 0.25) is 0 Å². The number of nitrogens with zero attached hydrogens (tertiary/aromatic N) is 1. The first kappa shape index (κ1) is 19.4. The molecule has 0 aromatic heterocycles. The Kier molecular flexibility index (Phi) is 7.07. The molecule has 2 rings (SSSR count). The Morgan fingerprint density at radius 3 is 2.65 bits per heavy atom. The number of nitro groups is 1. The van der Waals surface area contributed by atoms with Crippen LogP contribution in [-0.2, 0) is 11.3 Å². The molecular formula is C18H21N3O5. The molecule has 0 bridgehead atoms. The quantitative estimate of drug-likeness (QED) is 0.467. The summed E-state index contributed by atoms with van der Waals surface area (Å²) < 4.78 is 5.51. The summed E-state index contributed by atoms with van der Waals surface area (Å²) in [4.78, 5) is 21.6. The molecule has 0 aliphatic rings. The van der Waals surface area contributed by atoms with Crippen molar-refractivity contribution in [2.45, 2.75) is 19.6 Å². The Hall–Kier alpha value is -2.97. The number of ether oxygens (including phenoxy) is 1. The second-order valence-electron chi connectivity index (χ2n) is 5.70. The minimum atomic E-state index is -0.779. The van der Waals surface area contributed by atoms with Gasteiger partial charge in [0.05, 0.1) is 10.6 Å². The van der Waals surface area contributed by atoms with Gasteiger partial charge in [0.2, 0.25) is 5.91 Å². The lowest BCUT2D eigenvalue weighted by Crippen LogP contribution is -2.31. The molecule has 26 heavy (non-hydrogen) atoms. The zero-order valence-corrected chi connectivity index (χ0v) is 14.3. The van der Waals surface area contributed by atoms with Gasteiger partial charge in [-0.05, 0) is 11.6 Å². The molecule has 0 aliphatic carbocycles. The zero-order chi connectivity index (χ0) is 18.9. The van der Waals surface area contributed by atoms with Crippen molar-refractivity contribution >= 4 is 17.3 Å². The largest absolute Gasteiger partial charge is 0.489 e. The van der Waals surface area contributed by atoms with Gasteiger partial charge in [0.15, 0.2) is 0 Å². The fourth-order valence-electron chi connectivity index (χ4n) is 2.27. The lowest BCUT2D eigenvalue weighted by atomic mass is 10.2. The second-order valence-corrected chi connectivity index (χ2v) is 5.70. The van der Waals surface area contributed by atoms with Crippen molar-refractivity contribution in [3.63, 3.8) is 0 Å². The number of anilines is 1. The van der Waals surface area contributed by atoms with Gasteiger partial charge >= 0.3 is 0 Å². The molecule has 8 heteroatoms. The number of benzene rings is 2. The molecule has 2 aromatic carbocycles. The third kappa shape index (κ3) is 6.15. The van der Waals surface area contributed by atoms with Gasteiger partial charge in [-0.25, -0.2) is 0 Å². The minimum absolute atomic E-state index is 0.0216. The fourth-order valence-corrected chi connectivity index (χ4v) is 2.27. The normalized spacial score (nSPS) is 11.6. The molecule has 2 aromatic rings. The molecule has 0 aliphatic heterocycles. The summed E-state index contributed by atoms with van der Waals surface area (Å²) in [7, 11) is 0. The van der Waals surface area contributed by atoms with Gasteiger partial charge in [-0.3, -0.25) is 14.9 Å². The molecule has 138 valence electrons. The highest BCUT2D eigenvalue weighted by Crippen LogP contribution is 2.29. The van der Waals surface area contributed by atoms with E-state index in [4.69, 9.17) is 4.74 Å². The summed E-state index contributed by atoms with van der Waals surface area (Å²) in [5, 5.41) is 26.5. The lowest BCUT2D eigenvalue weighted by molar-refractivity contribution is -0.384. The number of aliphatic hydroxyl groups excluding tert-OH is 1. The average Bonchev–Trinajstić information content (AvgIpc) is 2.61. The first-order valence-corrected chi connectivity index (χ1v) is 8.07. The Bertz CT molecular complexity index is 752. The number of nitrogens with one attached hydrogen (secondary N) is 2. The molecule has 0 saturated heterocycles. The Morgan fingerprint density at radius 2 is 2.00 bits per heavy atom. The van der Waals surface area contributed by atoms with E-state index in [1.54, 1.807) is 0 Å². The standard InChI is InChI=1S/C18H21N3O5/c1-13(22)20-17-9-15(21(24)25)7-8-18(17)26-12-16(23)11-19-10-14-5-3-2-4-6-14/h2-9,16,19,23H,10-12H2,1H3,(H,20,22). The van der Waals surface area contributed by atoms with Crippen LogP contribution in [-0.4, -0.2) is 35.2 Å². The van der Waals surface area contributed by atoms with Crippen molar-refractivity contribution in [2.24, 2.45) is 0 Å². The summed E-state index contributed by atoms with van der Waals surface area (Å²) in [5.74, 6) is -0.117. The van der Waals surface area contributed by atoms with E-state index in [1.807, 2.05) is 30.3 Å². The third-order valence-electron chi connectivity index (χ3n) is 3.47. The molecule has 1 amide bonds. The van der Waals surface area contributed by atoms with Gasteiger partial charge in [0, 0.05) is 32.1 Å². The molecular weight excluding hydrogens is 338 g/mol.